The van der Waals surface area contributed by atoms with Gasteiger partial charge in [-0.15, -0.1) is 0 Å². The highest BCUT2D eigenvalue weighted by Crippen LogP contribution is 2.32. The summed E-state index contributed by atoms with van der Waals surface area (Å²) in [6.45, 7) is 1.46. The van der Waals surface area contributed by atoms with Crippen LogP contribution in [0.15, 0.2) is 53.6 Å². The van der Waals surface area contributed by atoms with Crippen molar-refractivity contribution in [3.05, 3.63) is 64.1 Å². The van der Waals surface area contributed by atoms with Crippen molar-refractivity contribution >= 4 is 46.6 Å². The molecule has 6 nitrogen and oxygen atoms in total. The zero-order valence-corrected chi connectivity index (χ0v) is 15.3. The number of nitrogens with zero attached hydrogens (tertiary/aromatic N) is 2. The number of hydrogen-bond donors (Lipinski definition) is 2. The Balaban J connectivity index is 1.88. The molecule has 0 bridgehead atoms. The van der Waals surface area contributed by atoms with Gasteiger partial charge in [-0.2, -0.15) is 5.10 Å². The van der Waals surface area contributed by atoms with Crippen LogP contribution in [0, 0.1) is 5.41 Å². The number of carboxylic acids is 1. The summed E-state index contributed by atoms with van der Waals surface area (Å²) in [6, 6.07) is 12.7. The fourth-order valence-electron chi connectivity index (χ4n) is 2.63. The highest BCUT2D eigenvalue weighted by atomic mass is 35.5. The molecule has 2 aromatic carbocycles. The number of carbonyl (C=O) groups excluding carboxylic acids is 1. The van der Waals surface area contributed by atoms with E-state index in [0.717, 1.165) is 5.01 Å². The molecule has 2 N–H and O–H groups in total. The van der Waals surface area contributed by atoms with Gasteiger partial charge < -0.3 is 10.4 Å². The van der Waals surface area contributed by atoms with E-state index in [0.29, 0.717) is 27.0 Å². The second-order valence-electron chi connectivity index (χ2n) is 6.09. The molecule has 0 saturated carbocycles. The molecule has 0 aromatic heterocycles. The maximum absolute atomic E-state index is 12.5. The molecule has 0 fully saturated rings. The lowest BCUT2D eigenvalue weighted by Crippen LogP contribution is -2.41. The lowest BCUT2D eigenvalue weighted by molar-refractivity contribution is -0.143. The van der Waals surface area contributed by atoms with Crippen LogP contribution in [0.4, 0.5) is 10.5 Å². The van der Waals surface area contributed by atoms with Crippen LogP contribution in [-0.2, 0) is 4.79 Å². The van der Waals surface area contributed by atoms with Gasteiger partial charge in [0.15, 0.2) is 0 Å². The number of anilines is 1. The minimum Gasteiger partial charge on any atom is -0.480 e. The molecule has 0 radical (unpaired) electrons. The van der Waals surface area contributed by atoms with E-state index in [1.54, 1.807) is 55.5 Å². The SMILES string of the molecule is CC1(C(=O)O)CN(C(=O)Nc2ccc(Cl)cc2)N=C1c1ccc(Cl)cc1. The predicted octanol–water partition coefficient (Wildman–Crippen LogP) is 4.34. The van der Waals surface area contributed by atoms with Gasteiger partial charge >= 0.3 is 12.0 Å². The number of benzene rings is 2. The molecule has 3 rings (SSSR count). The molecule has 1 atom stereocenters. The summed E-state index contributed by atoms with van der Waals surface area (Å²) < 4.78 is 0. The van der Waals surface area contributed by atoms with Crippen LogP contribution in [-0.4, -0.2) is 34.4 Å². The second-order valence-corrected chi connectivity index (χ2v) is 6.96. The Bertz CT molecular complexity index is 882. The van der Waals surface area contributed by atoms with E-state index >= 15 is 0 Å². The Labute approximate surface area is 160 Å². The van der Waals surface area contributed by atoms with E-state index in [4.69, 9.17) is 23.2 Å². The highest BCUT2D eigenvalue weighted by molar-refractivity contribution is 6.31. The highest BCUT2D eigenvalue weighted by Gasteiger charge is 2.47. The summed E-state index contributed by atoms with van der Waals surface area (Å²) in [6.07, 6.45) is 0. The number of carboxylic acid groups (broad SMARTS) is 1. The third-order valence-corrected chi connectivity index (χ3v) is 4.63. The Morgan fingerprint density at radius 1 is 1.08 bits per heavy atom. The van der Waals surface area contributed by atoms with Crippen molar-refractivity contribution in [1.82, 2.24) is 5.01 Å². The number of aliphatic carboxylic acids is 1. The monoisotopic (exact) mass is 391 g/mol. The van der Waals surface area contributed by atoms with Crippen molar-refractivity contribution in [2.45, 2.75) is 6.92 Å². The summed E-state index contributed by atoms with van der Waals surface area (Å²) >= 11 is 11.7. The fourth-order valence-corrected chi connectivity index (χ4v) is 2.88. The first-order valence-corrected chi connectivity index (χ1v) is 8.48. The zero-order valence-electron chi connectivity index (χ0n) is 13.7. The van der Waals surface area contributed by atoms with Crippen LogP contribution in [0.3, 0.4) is 0 Å². The minimum absolute atomic E-state index is 0.0836. The minimum atomic E-state index is -1.33. The molecule has 8 heteroatoms. The van der Waals surface area contributed by atoms with Crippen LogP contribution in [0.2, 0.25) is 10.0 Å². The topological polar surface area (TPSA) is 82.0 Å². The summed E-state index contributed by atoms with van der Waals surface area (Å²) in [7, 11) is 0. The van der Waals surface area contributed by atoms with Crippen molar-refractivity contribution in [3.63, 3.8) is 0 Å². The Kier molecular flexibility index (Phi) is 4.89. The van der Waals surface area contributed by atoms with Crippen molar-refractivity contribution < 1.29 is 14.7 Å². The van der Waals surface area contributed by atoms with Crippen molar-refractivity contribution in [2.24, 2.45) is 10.5 Å². The number of halogens is 2. The Hall–Kier alpha value is -2.57. The van der Waals surface area contributed by atoms with Crippen molar-refractivity contribution in [1.29, 1.82) is 0 Å². The van der Waals surface area contributed by atoms with Gasteiger partial charge in [-0.3, -0.25) is 4.79 Å². The summed E-state index contributed by atoms with van der Waals surface area (Å²) in [4.78, 5) is 24.4. The maximum atomic E-state index is 12.5. The van der Waals surface area contributed by atoms with Crippen LogP contribution >= 0.6 is 23.2 Å². The number of rotatable bonds is 3. The molecule has 1 heterocycles. The van der Waals surface area contributed by atoms with Gasteiger partial charge in [0.05, 0.1) is 12.3 Å². The van der Waals surface area contributed by atoms with E-state index < -0.39 is 17.4 Å². The maximum Gasteiger partial charge on any atom is 0.342 e. The van der Waals surface area contributed by atoms with E-state index in [9.17, 15) is 14.7 Å². The lowest BCUT2D eigenvalue weighted by Gasteiger charge is -2.21. The van der Waals surface area contributed by atoms with Gasteiger partial charge in [0.2, 0.25) is 0 Å². The number of hydrogen-bond acceptors (Lipinski definition) is 3. The Morgan fingerprint density at radius 3 is 2.15 bits per heavy atom. The molecule has 0 spiro atoms. The molecule has 26 heavy (non-hydrogen) atoms. The zero-order chi connectivity index (χ0) is 18.9. The van der Waals surface area contributed by atoms with Gasteiger partial charge in [0.1, 0.15) is 5.41 Å². The largest absolute Gasteiger partial charge is 0.480 e. The molecule has 2 aromatic rings. The quantitative estimate of drug-likeness (QED) is 0.816. The molecule has 2 amide bonds. The molecule has 134 valence electrons. The van der Waals surface area contributed by atoms with E-state index in [-0.39, 0.29) is 6.54 Å². The summed E-state index contributed by atoms with van der Waals surface area (Å²) in [5.41, 5.74) is 0.103. The van der Waals surface area contributed by atoms with Crippen LogP contribution in [0.5, 0.6) is 0 Å². The summed E-state index contributed by atoms with van der Waals surface area (Å²) in [5, 5.41) is 18.8. The first kappa shape index (κ1) is 18.2. The normalized spacial score (nSPS) is 19.2. The van der Waals surface area contributed by atoms with E-state index in [1.165, 1.54) is 0 Å². The van der Waals surface area contributed by atoms with Gasteiger partial charge in [-0.05, 0) is 48.9 Å². The second kappa shape index (κ2) is 6.97. The van der Waals surface area contributed by atoms with Crippen LogP contribution in [0.1, 0.15) is 12.5 Å². The molecular weight excluding hydrogens is 377 g/mol. The van der Waals surface area contributed by atoms with Gasteiger partial charge in [0, 0.05) is 15.7 Å². The molecule has 0 aliphatic carbocycles. The number of hydrazone groups is 1. The van der Waals surface area contributed by atoms with E-state index in [1.807, 2.05) is 0 Å². The number of amides is 2. The Morgan fingerprint density at radius 2 is 1.62 bits per heavy atom. The first-order valence-electron chi connectivity index (χ1n) is 7.72. The van der Waals surface area contributed by atoms with Crippen LogP contribution in [0.25, 0.3) is 0 Å². The average Bonchev–Trinajstić information content (AvgIpc) is 2.97. The molecule has 1 aliphatic heterocycles. The van der Waals surface area contributed by atoms with Gasteiger partial charge in [0.25, 0.3) is 0 Å². The third-order valence-electron chi connectivity index (χ3n) is 4.13. The number of nitrogens with one attached hydrogen (secondary N) is 1. The third kappa shape index (κ3) is 3.52. The van der Waals surface area contributed by atoms with Gasteiger partial charge in [-0.1, -0.05) is 35.3 Å². The van der Waals surface area contributed by atoms with Crippen LogP contribution < -0.4 is 5.32 Å². The fraction of sp³-hybridized carbons (Fsp3) is 0.167. The van der Waals surface area contributed by atoms with Gasteiger partial charge in [-0.25, -0.2) is 9.80 Å². The lowest BCUT2D eigenvalue weighted by atomic mass is 9.82. The summed E-state index contributed by atoms with van der Waals surface area (Å²) in [5.74, 6) is -1.06. The molecular formula is C18H15Cl2N3O3. The first-order chi connectivity index (χ1) is 12.3. The standard InChI is InChI=1S/C18H15Cl2N3O3/c1-18(16(24)25)10-23(17(26)21-14-8-6-13(20)7-9-14)22-15(18)11-2-4-12(19)5-3-11/h2-9H,10H2,1H3,(H,21,26)(H,24,25). The van der Waals surface area contributed by atoms with Crippen molar-refractivity contribution in [3.8, 4) is 0 Å². The molecule has 1 unspecified atom stereocenters. The van der Waals surface area contributed by atoms with Crippen molar-refractivity contribution in [2.75, 3.05) is 11.9 Å². The molecule has 0 saturated heterocycles. The predicted molar refractivity (Wildman–Crippen MR) is 101 cm³/mol. The number of carbonyl (C=O) groups is 2. The number of urea groups is 1. The smallest absolute Gasteiger partial charge is 0.342 e. The molecule has 1 aliphatic rings. The average molecular weight is 392 g/mol. The van der Waals surface area contributed by atoms with E-state index in [2.05, 4.69) is 10.4 Å².